The van der Waals surface area contributed by atoms with E-state index >= 15 is 0 Å². The minimum atomic E-state index is -0.774. The van der Waals surface area contributed by atoms with Gasteiger partial charge in [0.05, 0.1) is 0 Å². The molecule has 0 spiro atoms. The number of carbonyl (C=O) groups excluding carboxylic acids is 1. The number of carboxylic acid groups (broad SMARTS) is 1. The van der Waals surface area contributed by atoms with Crippen LogP contribution in [0, 0.1) is 5.92 Å². The maximum absolute atomic E-state index is 11.8. The SMILES string of the molecule is CCc1ccccc1NC(=O)NCCC(C)CCC(=O)O. The summed E-state index contributed by atoms with van der Waals surface area (Å²) < 4.78 is 0. The van der Waals surface area contributed by atoms with Crippen LogP contribution in [0.15, 0.2) is 24.3 Å². The van der Waals surface area contributed by atoms with Gasteiger partial charge in [-0.1, -0.05) is 32.0 Å². The molecule has 2 amide bonds. The quantitative estimate of drug-likeness (QED) is 0.688. The fourth-order valence-electron chi connectivity index (χ4n) is 2.06. The largest absolute Gasteiger partial charge is 0.481 e. The van der Waals surface area contributed by atoms with Gasteiger partial charge in [0, 0.05) is 18.7 Å². The molecule has 0 bridgehead atoms. The minimum Gasteiger partial charge on any atom is -0.481 e. The van der Waals surface area contributed by atoms with Gasteiger partial charge in [-0.05, 0) is 36.8 Å². The Labute approximate surface area is 125 Å². The molecule has 5 heteroatoms. The fourth-order valence-corrected chi connectivity index (χ4v) is 2.06. The Bertz CT molecular complexity index is 474. The number of hydrogen-bond donors (Lipinski definition) is 3. The van der Waals surface area contributed by atoms with Gasteiger partial charge in [-0.15, -0.1) is 0 Å². The molecule has 0 aliphatic carbocycles. The van der Waals surface area contributed by atoms with E-state index in [-0.39, 0.29) is 18.4 Å². The molecule has 0 aliphatic rings. The molecular weight excluding hydrogens is 268 g/mol. The van der Waals surface area contributed by atoms with Crippen molar-refractivity contribution in [3.8, 4) is 0 Å². The van der Waals surface area contributed by atoms with Crippen LogP contribution in [0.2, 0.25) is 0 Å². The van der Waals surface area contributed by atoms with Crippen LogP contribution in [0.25, 0.3) is 0 Å². The molecule has 0 aliphatic heterocycles. The second-order valence-corrected chi connectivity index (χ2v) is 5.22. The van der Waals surface area contributed by atoms with Crippen molar-refractivity contribution in [3.63, 3.8) is 0 Å². The number of carboxylic acids is 1. The Hall–Kier alpha value is -2.04. The molecule has 1 aromatic carbocycles. The summed E-state index contributed by atoms with van der Waals surface area (Å²) in [5.74, 6) is -0.493. The Morgan fingerprint density at radius 1 is 1.24 bits per heavy atom. The zero-order valence-corrected chi connectivity index (χ0v) is 12.7. The van der Waals surface area contributed by atoms with Crippen LogP contribution in [0.1, 0.15) is 38.7 Å². The first kappa shape index (κ1) is 17.0. The maximum Gasteiger partial charge on any atom is 0.319 e. The molecule has 1 aromatic rings. The Kier molecular flexibility index (Phi) is 7.29. The predicted octanol–water partition coefficient (Wildman–Crippen LogP) is 3.26. The molecule has 0 radical (unpaired) electrons. The van der Waals surface area contributed by atoms with Gasteiger partial charge in [0.25, 0.3) is 0 Å². The van der Waals surface area contributed by atoms with Crippen molar-refractivity contribution < 1.29 is 14.7 Å². The topological polar surface area (TPSA) is 78.4 Å². The summed E-state index contributed by atoms with van der Waals surface area (Å²) in [5, 5.41) is 14.3. The van der Waals surface area contributed by atoms with Crippen molar-refractivity contribution in [3.05, 3.63) is 29.8 Å². The third kappa shape index (κ3) is 6.79. The highest BCUT2D eigenvalue weighted by atomic mass is 16.4. The number of urea groups is 1. The van der Waals surface area contributed by atoms with Crippen LogP contribution in [0.3, 0.4) is 0 Å². The highest BCUT2D eigenvalue weighted by Crippen LogP contribution is 2.15. The average Bonchev–Trinajstić information content (AvgIpc) is 2.45. The van der Waals surface area contributed by atoms with E-state index in [1.165, 1.54) is 0 Å². The molecule has 0 aromatic heterocycles. The molecule has 1 unspecified atom stereocenters. The van der Waals surface area contributed by atoms with Crippen LogP contribution in [0.4, 0.5) is 10.5 Å². The van der Waals surface area contributed by atoms with Gasteiger partial charge >= 0.3 is 12.0 Å². The third-order valence-corrected chi connectivity index (χ3v) is 3.42. The summed E-state index contributed by atoms with van der Waals surface area (Å²) in [7, 11) is 0. The van der Waals surface area contributed by atoms with E-state index in [9.17, 15) is 9.59 Å². The highest BCUT2D eigenvalue weighted by Gasteiger charge is 2.08. The van der Waals surface area contributed by atoms with Crippen molar-refractivity contribution in [2.24, 2.45) is 5.92 Å². The number of aliphatic carboxylic acids is 1. The Morgan fingerprint density at radius 3 is 2.62 bits per heavy atom. The first-order valence-corrected chi connectivity index (χ1v) is 7.37. The second-order valence-electron chi connectivity index (χ2n) is 5.22. The molecule has 1 rings (SSSR count). The first-order chi connectivity index (χ1) is 10.0. The number of anilines is 1. The number of benzene rings is 1. The normalized spacial score (nSPS) is 11.7. The molecule has 1 atom stereocenters. The number of aryl methyl sites for hydroxylation is 1. The van der Waals surface area contributed by atoms with E-state index < -0.39 is 5.97 Å². The lowest BCUT2D eigenvalue weighted by atomic mass is 10.0. The van der Waals surface area contributed by atoms with E-state index in [4.69, 9.17) is 5.11 Å². The van der Waals surface area contributed by atoms with Gasteiger partial charge < -0.3 is 15.7 Å². The van der Waals surface area contributed by atoms with Crippen molar-refractivity contribution in [1.82, 2.24) is 5.32 Å². The van der Waals surface area contributed by atoms with Gasteiger partial charge in [-0.3, -0.25) is 4.79 Å². The lowest BCUT2D eigenvalue weighted by Crippen LogP contribution is -2.30. The van der Waals surface area contributed by atoms with Gasteiger partial charge in [-0.2, -0.15) is 0 Å². The molecule has 0 saturated carbocycles. The number of amides is 2. The number of nitrogens with one attached hydrogen (secondary N) is 2. The molecule has 0 saturated heterocycles. The molecular formula is C16H24N2O3. The summed E-state index contributed by atoms with van der Waals surface area (Å²) in [6.07, 6.45) is 2.45. The van der Waals surface area contributed by atoms with Crippen molar-refractivity contribution in [2.45, 2.75) is 39.5 Å². The van der Waals surface area contributed by atoms with Crippen molar-refractivity contribution >= 4 is 17.7 Å². The maximum atomic E-state index is 11.8. The van der Waals surface area contributed by atoms with Crippen LogP contribution >= 0.6 is 0 Å². The van der Waals surface area contributed by atoms with Gasteiger partial charge in [-0.25, -0.2) is 4.79 Å². The van der Waals surface area contributed by atoms with Crippen LogP contribution < -0.4 is 10.6 Å². The van der Waals surface area contributed by atoms with E-state index in [1.54, 1.807) is 0 Å². The summed E-state index contributed by atoms with van der Waals surface area (Å²) in [6.45, 7) is 4.58. The molecule has 0 fully saturated rings. The van der Waals surface area contributed by atoms with Crippen LogP contribution in [-0.2, 0) is 11.2 Å². The van der Waals surface area contributed by atoms with E-state index in [1.807, 2.05) is 38.1 Å². The fraction of sp³-hybridized carbons (Fsp3) is 0.500. The second kappa shape index (κ2) is 9.00. The summed E-state index contributed by atoms with van der Waals surface area (Å²) >= 11 is 0. The number of hydrogen-bond acceptors (Lipinski definition) is 2. The summed E-state index contributed by atoms with van der Waals surface area (Å²) in [5.41, 5.74) is 1.93. The van der Waals surface area contributed by atoms with E-state index in [0.717, 1.165) is 24.1 Å². The third-order valence-electron chi connectivity index (χ3n) is 3.42. The standard InChI is InChI=1S/C16H24N2O3/c1-3-13-6-4-5-7-14(13)18-16(21)17-11-10-12(2)8-9-15(19)20/h4-7,12H,3,8-11H2,1-2H3,(H,19,20)(H2,17,18,21). The number of carbonyl (C=O) groups is 2. The highest BCUT2D eigenvalue weighted by molar-refractivity contribution is 5.90. The van der Waals surface area contributed by atoms with Gasteiger partial charge in [0.1, 0.15) is 0 Å². The smallest absolute Gasteiger partial charge is 0.319 e. The first-order valence-electron chi connectivity index (χ1n) is 7.37. The average molecular weight is 292 g/mol. The van der Waals surface area contributed by atoms with E-state index in [2.05, 4.69) is 10.6 Å². The summed E-state index contributed by atoms with van der Waals surface area (Å²) in [4.78, 5) is 22.3. The zero-order chi connectivity index (χ0) is 15.7. The lowest BCUT2D eigenvalue weighted by molar-refractivity contribution is -0.137. The van der Waals surface area contributed by atoms with Crippen molar-refractivity contribution in [2.75, 3.05) is 11.9 Å². The Balaban J connectivity index is 2.29. The molecule has 0 heterocycles. The molecule has 3 N–H and O–H groups in total. The Morgan fingerprint density at radius 2 is 1.95 bits per heavy atom. The van der Waals surface area contributed by atoms with Crippen LogP contribution in [0.5, 0.6) is 0 Å². The number of rotatable bonds is 8. The van der Waals surface area contributed by atoms with Crippen LogP contribution in [-0.4, -0.2) is 23.7 Å². The summed E-state index contributed by atoms with van der Waals surface area (Å²) in [6, 6.07) is 7.49. The molecule has 116 valence electrons. The molecule has 5 nitrogen and oxygen atoms in total. The zero-order valence-electron chi connectivity index (χ0n) is 12.7. The predicted molar refractivity (Wildman–Crippen MR) is 83.5 cm³/mol. The monoisotopic (exact) mass is 292 g/mol. The van der Waals surface area contributed by atoms with Gasteiger partial charge in [0.15, 0.2) is 0 Å². The van der Waals surface area contributed by atoms with Crippen molar-refractivity contribution in [1.29, 1.82) is 0 Å². The number of para-hydroxylation sites is 1. The van der Waals surface area contributed by atoms with Gasteiger partial charge in [0.2, 0.25) is 0 Å². The molecule has 21 heavy (non-hydrogen) atoms. The lowest BCUT2D eigenvalue weighted by Gasteiger charge is -2.13. The van der Waals surface area contributed by atoms with E-state index in [0.29, 0.717) is 13.0 Å². The minimum absolute atomic E-state index is 0.178.